The van der Waals surface area contributed by atoms with Crippen molar-refractivity contribution < 1.29 is 9.53 Å². The first-order valence-electron chi connectivity index (χ1n) is 7.58. The predicted octanol–water partition coefficient (Wildman–Crippen LogP) is 3.89. The highest BCUT2D eigenvalue weighted by Crippen LogP contribution is 2.25. The predicted molar refractivity (Wildman–Crippen MR) is 92.2 cm³/mol. The molecule has 2 rings (SSSR count). The third-order valence-electron chi connectivity index (χ3n) is 3.20. The van der Waals surface area contributed by atoms with Crippen LogP contribution in [-0.2, 0) is 11.3 Å². The summed E-state index contributed by atoms with van der Waals surface area (Å²) in [6.45, 7) is 8.78. The van der Waals surface area contributed by atoms with E-state index in [-0.39, 0.29) is 5.91 Å². The maximum atomic E-state index is 11.1. The summed E-state index contributed by atoms with van der Waals surface area (Å²) in [7, 11) is 0. The summed E-state index contributed by atoms with van der Waals surface area (Å²) in [5, 5.41) is 7.74. The molecule has 6 heteroatoms. The normalized spacial score (nSPS) is 10.9. The molecule has 0 saturated heterocycles. The first-order chi connectivity index (χ1) is 10.8. The van der Waals surface area contributed by atoms with Gasteiger partial charge in [0.25, 0.3) is 0 Å². The average molecular weight is 336 g/mol. The molecule has 1 heterocycles. The molecular formula is C17H22ClN3O2. The molecular weight excluding hydrogens is 314 g/mol. The lowest BCUT2D eigenvalue weighted by atomic mass is 10.2. The van der Waals surface area contributed by atoms with E-state index in [2.05, 4.69) is 24.3 Å². The number of benzene rings is 1. The molecule has 0 radical (unpaired) electrons. The Hall–Kier alpha value is -2.01. The Morgan fingerprint density at radius 3 is 2.78 bits per heavy atom. The smallest absolute Gasteiger partial charge is 0.222 e. The Balaban J connectivity index is 2.23. The van der Waals surface area contributed by atoms with E-state index < -0.39 is 0 Å². The molecule has 23 heavy (non-hydrogen) atoms. The van der Waals surface area contributed by atoms with E-state index in [0.29, 0.717) is 29.9 Å². The number of rotatable bonds is 6. The third kappa shape index (κ3) is 4.99. The van der Waals surface area contributed by atoms with Crippen molar-refractivity contribution in [3.63, 3.8) is 0 Å². The number of halogens is 1. The molecule has 0 atom stereocenters. The Morgan fingerprint density at radius 1 is 1.39 bits per heavy atom. The number of anilines is 1. The third-order valence-corrected chi connectivity index (χ3v) is 3.44. The molecule has 0 aliphatic carbocycles. The van der Waals surface area contributed by atoms with Crippen molar-refractivity contribution in [2.45, 2.75) is 34.2 Å². The average Bonchev–Trinajstić information content (AvgIpc) is 2.76. The van der Waals surface area contributed by atoms with Gasteiger partial charge in [0.15, 0.2) is 5.82 Å². The van der Waals surface area contributed by atoms with E-state index in [1.807, 2.05) is 35.9 Å². The van der Waals surface area contributed by atoms with Crippen LogP contribution in [-0.4, -0.2) is 22.3 Å². The van der Waals surface area contributed by atoms with Crippen LogP contribution in [0.5, 0.6) is 5.75 Å². The van der Waals surface area contributed by atoms with Gasteiger partial charge in [-0.15, -0.1) is 0 Å². The summed E-state index contributed by atoms with van der Waals surface area (Å²) in [4.78, 5) is 11.1. The van der Waals surface area contributed by atoms with Gasteiger partial charge in [-0.3, -0.25) is 9.48 Å². The maximum Gasteiger partial charge on any atom is 0.222 e. The van der Waals surface area contributed by atoms with E-state index in [9.17, 15) is 4.79 Å². The fraction of sp³-hybridized carbons (Fsp3) is 0.412. The highest BCUT2D eigenvalue weighted by Gasteiger charge is 2.11. The molecule has 0 aliphatic heterocycles. The second-order valence-electron chi connectivity index (χ2n) is 5.97. The molecule has 5 nitrogen and oxygen atoms in total. The summed E-state index contributed by atoms with van der Waals surface area (Å²) in [6, 6.07) is 7.42. The zero-order valence-corrected chi connectivity index (χ0v) is 14.6. The topological polar surface area (TPSA) is 56.2 Å². The minimum atomic E-state index is -0.140. The highest BCUT2D eigenvalue weighted by molar-refractivity contribution is 6.30. The first-order valence-corrected chi connectivity index (χ1v) is 7.96. The van der Waals surface area contributed by atoms with Gasteiger partial charge in [0.2, 0.25) is 5.91 Å². The number of amides is 1. The second-order valence-corrected chi connectivity index (χ2v) is 6.40. The SMILES string of the molecule is CC(=O)Nc1cc(C)n(Cc2cc(Cl)ccc2OCC(C)C)n1. The molecule has 2 aromatic rings. The highest BCUT2D eigenvalue weighted by atomic mass is 35.5. The number of aromatic nitrogens is 2. The Morgan fingerprint density at radius 2 is 2.13 bits per heavy atom. The van der Waals surface area contributed by atoms with Crippen molar-refractivity contribution in [3.8, 4) is 5.75 Å². The van der Waals surface area contributed by atoms with Gasteiger partial charge in [-0.05, 0) is 31.0 Å². The first kappa shape index (κ1) is 17.3. The molecule has 0 aliphatic rings. The van der Waals surface area contributed by atoms with Gasteiger partial charge in [0.05, 0.1) is 13.2 Å². The van der Waals surface area contributed by atoms with Crippen LogP contribution in [0, 0.1) is 12.8 Å². The molecule has 1 aromatic heterocycles. The fourth-order valence-electron chi connectivity index (χ4n) is 2.14. The van der Waals surface area contributed by atoms with Crippen molar-refractivity contribution in [3.05, 3.63) is 40.5 Å². The van der Waals surface area contributed by atoms with E-state index >= 15 is 0 Å². The zero-order chi connectivity index (χ0) is 17.0. The van der Waals surface area contributed by atoms with Crippen LogP contribution >= 0.6 is 11.6 Å². The van der Waals surface area contributed by atoms with Crippen molar-refractivity contribution in [2.75, 3.05) is 11.9 Å². The standard InChI is InChI=1S/C17H22ClN3O2/c1-11(2)10-23-16-6-5-15(18)8-14(16)9-21-12(3)7-17(20-21)19-13(4)22/h5-8,11H,9-10H2,1-4H3,(H,19,20,22). The van der Waals surface area contributed by atoms with Crippen molar-refractivity contribution in [1.82, 2.24) is 9.78 Å². The largest absolute Gasteiger partial charge is 0.493 e. The van der Waals surface area contributed by atoms with E-state index in [0.717, 1.165) is 17.0 Å². The Kier molecular flexibility index (Phi) is 5.66. The number of nitrogens with zero attached hydrogens (tertiary/aromatic N) is 2. The molecule has 0 bridgehead atoms. The lowest BCUT2D eigenvalue weighted by Gasteiger charge is -2.14. The van der Waals surface area contributed by atoms with Crippen molar-refractivity contribution in [2.24, 2.45) is 5.92 Å². The fourth-order valence-corrected chi connectivity index (χ4v) is 2.34. The number of ether oxygens (including phenoxy) is 1. The maximum absolute atomic E-state index is 11.1. The number of nitrogens with one attached hydrogen (secondary N) is 1. The lowest BCUT2D eigenvalue weighted by molar-refractivity contribution is -0.114. The molecule has 0 saturated carbocycles. The molecule has 124 valence electrons. The zero-order valence-electron chi connectivity index (χ0n) is 13.9. The van der Waals surface area contributed by atoms with E-state index in [1.54, 1.807) is 0 Å². The second kappa shape index (κ2) is 7.51. The summed E-state index contributed by atoms with van der Waals surface area (Å²) in [6.07, 6.45) is 0. The summed E-state index contributed by atoms with van der Waals surface area (Å²) in [5.74, 6) is 1.65. The summed E-state index contributed by atoms with van der Waals surface area (Å²) >= 11 is 6.12. The van der Waals surface area contributed by atoms with Gasteiger partial charge in [0, 0.05) is 29.3 Å². The van der Waals surface area contributed by atoms with Crippen LogP contribution in [0.3, 0.4) is 0 Å². The number of hydrogen-bond acceptors (Lipinski definition) is 3. The van der Waals surface area contributed by atoms with Gasteiger partial charge < -0.3 is 10.1 Å². The van der Waals surface area contributed by atoms with Crippen molar-refractivity contribution >= 4 is 23.3 Å². The number of carbonyl (C=O) groups excluding carboxylic acids is 1. The van der Waals surface area contributed by atoms with Crippen LogP contribution in [0.4, 0.5) is 5.82 Å². The number of hydrogen-bond donors (Lipinski definition) is 1. The van der Waals surface area contributed by atoms with Gasteiger partial charge in [0.1, 0.15) is 5.75 Å². The summed E-state index contributed by atoms with van der Waals surface area (Å²) < 4.78 is 7.69. The van der Waals surface area contributed by atoms with Gasteiger partial charge in [-0.25, -0.2) is 0 Å². The molecule has 1 N–H and O–H groups in total. The lowest BCUT2D eigenvalue weighted by Crippen LogP contribution is -2.10. The van der Waals surface area contributed by atoms with Crippen LogP contribution in [0.15, 0.2) is 24.3 Å². The minimum absolute atomic E-state index is 0.140. The molecule has 1 aromatic carbocycles. The van der Waals surface area contributed by atoms with Gasteiger partial charge in [-0.2, -0.15) is 5.10 Å². The quantitative estimate of drug-likeness (QED) is 0.871. The van der Waals surface area contributed by atoms with E-state index in [4.69, 9.17) is 16.3 Å². The summed E-state index contributed by atoms with van der Waals surface area (Å²) in [5.41, 5.74) is 1.90. The molecule has 0 fully saturated rings. The molecule has 0 unspecified atom stereocenters. The molecule has 1 amide bonds. The Bertz CT molecular complexity index is 695. The van der Waals surface area contributed by atoms with E-state index in [1.165, 1.54) is 6.92 Å². The number of carbonyl (C=O) groups is 1. The number of aryl methyl sites for hydroxylation is 1. The van der Waals surface area contributed by atoms with Crippen LogP contribution in [0.25, 0.3) is 0 Å². The monoisotopic (exact) mass is 335 g/mol. The van der Waals surface area contributed by atoms with Crippen LogP contribution in [0.1, 0.15) is 32.0 Å². The van der Waals surface area contributed by atoms with Crippen LogP contribution < -0.4 is 10.1 Å². The Labute approximate surface area is 141 Å². The molecule has 0 spiro atoms. The minimum Gasteiger partial charge on any atom is -0.493 e. The van der Waals surface area contributed by atoms with Gasteiger partial charge >= 0.3 is 0 Å². The van der Waals surface area contributed by atoms with Crippen molar-refractivity contribution in [1.29, 1.82) is 0 Å². The van der Waals surface area contributed by atoms with Crippen LogP contribution in [0.2, 0.25) is 5.02 Å². The van der Waals surface area contributed by atoms with Gasteiger partial charge in [-0.1, -0.05) is 25.4 Å².